The van der Waals surface area contributed by atoms with Gasteiger partial charge in [0.15, 0.2) is 0 Å². The van der Waals surface area contributed by atoms with Crippen molar-refractivity contribution in [3.05, 3.63) is 28.7 Å². The average Bonchev–Trinajstić information content (AvgIpc) is 2.04. The lowest BCUT2D eigenvalue weighted by atomic mass is 10.3. The highest BCUT2D eigenvalue weighted by molar-refractivity contribution is 9.10. The molecule has 0 atom stereocenters. The van der Waals surface area contributed by atoms with Gasteiger partial charge in [-0.2, -0.15) is 0 Å². The standard InChI is InChI=1S/C8H11BrN2/c1-2-10-11-8-5-3-7(9)4-6-8/h3-6,10-11H,2H2,1H3. The second-order valence-corrected chi connectivity index (χ2v) is 3.08. The zero-order chi connectivity index (χ0) is 8.10. The minimum absolute atomic E-state index is 0.913. The van der Waals surface area contributed by atoms with E-state index in [9.17, 15) is 0 Å². The Hall–Kier alpha value is -0.540. The van der Waals surface area contributed by atoms with E-state index in [2.05, 4.69) is 26.8 Å². The van der Waals surface area contributed by atoms with Gasteiger partial charge >= 0.3 is 0 Å². The molecule has 0 aliphatic carbocycles. The molecule has 0 bridgehead atoms. The summed E-state index contributed by atoms with van der Waals surface area (Å²) in [5.74, 6) is 0. The quantitative estimate of drug-likeness (QED) is 0.756. The normalized spacial score (nSPS) is 9.64. The van der Waals surface area contributed by atoms with Crippen LogP contribution in [0, 0.1) is 0 Å². The fourth-order valence-corrected chi connectivity index (χ4v) is 0.988. The number of anilines is 1. The number of rotatable bonds is 3. The Morgan fingerprint density at radius 1 is 1.27 bits per heavy atom. The third kappa shape index (κ3) is 2.91. The number of benzene rings is 1. The average molecular weight is 215 g/mol. The Balaban J connectivity index is 2.52. The Morgan fingerprint density at radius 3 is 2.45 bits per heavy atom. The molecule has 0 aliphatic heterocycles. The lowest BCUT2D eigenvalue weighted by Gasteiger charge is -2.04. The molecular weight excluding hydrogens is 204 g/mol. The van der Waals surface area contributed by atoms with Crippen molar-refractivity contribution in [2.45, 2.75) is 6.92 Å². The molecule has 1 aromatic rings. The predicted octanol–water partition coefficient (Wildman–Crippen LogP) is 2.39. The first kappa shape index (κ1) is 8.56. The van der Waals surface area contributed by atoms with E-state index in [-0.39, 0.29) is 0 Å². The van der Waals surface area contributed by atoms with Crippen molar-refractivity contribution in [3.8, 4) is 0 Å². The lowest BCUT2D eigenvalue weighted by molar-refractivity contribution is 0.844. The Morgan fingerprint density at radius 2 is 1.91 bits per heavy atom. The van der Waals surface area contributed by atoms with Gasteiger partial charge in [0.05, 0.1) is 0 Å². The number of halogens is 1. The van der Waals surface area contributed by atoms with E-state index in [1.165, 1.54) is 0 Å². The molecular formula is C8H11BrN2. The van der Waals surface area contributed by atoms with E-state index in [0.29, 0.717) is 0 Å². The van der Waals surface area contributed by atoms with Gasteiger partial charge in [0.1, 0.15) is 0 Å². The Labute approximate surface area is 75.1 Å². The summed E-state index contributed by atoms with van der Waals surface area (Å²) in [4.78, 5) is 0. The van der Waals surface area contributed by atoms with E-state index in [4.69, 9.17) is 0 Å². The van der Waals surface area contributed by atoms with E-state index in [1.54, 1.807) is 0 Å². The molecule has 1 aromatic carbocycles. The van der Waals surface area contributed by atoms with Crippen molar-refractivity contribution in [2.24, 2.45) is 0 Å². The molecule has 0 spiro atoms. The van der Waals surface area contributed by atoms with E-state index >= 15 is 0 Å². The van der Waals surface area contributed by atoms with Crippen LogP contribution >= 0.6 is 15.9 Å². The first-order valence-corrected chi connectivity index (χ1v) is 4.36. The predicted molar refractivity (Wildman–Crippen MR) is 51.4 cm³/mol. The Kier molecular flexibility index (Phi) is 3.39. The highest BCUT2D eigenvalue weighted by Gasteiger charge is 1.88. The molecule has 0 saturated heterocycles. The summed E-state index contributed by atoms with van der Waals surface area (Å²) < 4.78 is 1.10. The largest absolute Gasteiger partial charge is 0.322 e. The van der Waals surface area contributed by atoms with E-state index < -0.39 is 0 Å². The van der Waals surface area contributed by atoms with Gasteiger partial charge in [-0.25, -0.2) is 5.43 Å². The summed E-state index contributed by atoms with van der Waals surface area (Å²) in [6, 6.07) is 8.01. The smallest absolute Gasteiger partial charge is 0.0488 e. The maximum absolute atomic E-state index is 3.37. The van der Waals surface area contributed by atoms with Gasteiger partial charge in [-0.1, -0.05) is 22.9 Å². The first-order chi connectivity index (χ1) is 5.33. The van der Waals surface area contributed by atoms with Crippen molar-refractivity contribution in [3.63, 3.8) is 0 Å². The van der Waals surface area contributed by atoms with Gasteiger partial charge in [-0.15, -0.1) is 0 Å². The van der Waals surface area contributed by atoms with Crippen molar-refractivity contribution >= 4 is 21.6 Å². The van der Waals surface area contributed by atoms with Crippen LogP contribution in [0.3, 0.4) is 0 Å². The number of hydrogen-bond donors (Lipinski definition) is 2. The summed E-state index contributed by atoms with van der Waals surface area (Å²) in [6.45, 7) is 2.96. The van der Waals surface area contributed by atoms with Crippen LogP contribution in [0.5, 0.6) is 0 Å². The van der Waals surface area contributed by atoms with Crippen molar-refractivity contribution in [1.29, 1.82) is 0 Å². The van der Waals surface area contributed by atoms with Crippen molar-refractivity contribution in [2.75, 3.05) is 12.0 Å². The fraction of sp³-hybridized carbons (Fsp3) is 0.250. The number of nitrogens with one attached hydrogen (secondary N) is 2. The van der Waals surface area contributed by atoms with Crippen molar-refractivity contribution in [1.82, 2.24) is 5.43 Å². The fourth-order valence-electron chi connectivity index (χ4n) is 0.724. The molecule has 2 nitrogen and oxygen atoms in total. The second-order valence-electron chi connectivity index (χ2n) is 2.16. The van der Waals surface area contributed by atoms with Gasteiger partial charge in [-0.3, -0.25) is 0 Å². The van der Waals surface area contributed by atoms with Crippen LogP contribution in [0.1, 0.15) is 6.92 Å². The molecule has 60 valence electrons. The van der Waals surface area contributed by atoms with Gasteiger partial charge in [0.2, 0.25) is 0 Å². The molecule has 0 saturated carbocycles. The second kappa shape index (κ2) is 4.36. The SMILES string of the molecule is CCNNc1ccc(Br)cc1. The molecule has 0 radical (unpaired) electrons. The topological polar surface area (TPSA) is 24.1 Å². The Bertz CT molecular complexity index is 208. The summed E-state index contributed by atoms with van der Waals surface area (Å²) in [7, 11) is 0. The molecule has 3 heteroatoms. The highest BCUT2D eigenvalue weighted by atomic mass is 79.9. The maximum atomic E-state index is 3.37. The third-order valence-electron chi connectivity index (χ3n) is 1.25. The minimum Gasteiger partial charge on any atom is -0.322 e. The van der Waals surface area contributed by atoms with Crippen LogP contribution in [-0.4, -0.2) is 6.54 Å². The molecule has 0 aromatic heterocycles. The van der Waals surface area contributed by atoms with E-state index in [1.807, 2.05) is 31.2 Å². The van der Waals surface area contributed by atoms with Crippen molar-refractivity contribution < 1.29 is 0 Å². The van der Waals surface area contributed by atoms with Gasteiger partial charge in [-0.05, 0) is 24.3 Å². The molecule has 0 amide bonds. The van der Waals surface area contributed by atoms with Crippen LogP contribution in [0.4, 0.5) is 5.69 Å². The van der Waals surface area contributed by atoms with Crippen LogP contribution in [0.15, 0.2) is 28.7 Å². The van der Waals surface area contributed by atoms with Crippen LogP contribution in [-0.2, 0) is 0 Å². The first-order valence-electron chi connectivity index (χ1n) is 3.57. The summed E-state index contributed by atoms with van der Waals surface area (Å²) in [6.07, 6.45) is 0. The van der Waals surface area contributed by atoms with Crippen LogP contribution < -0.4 is 10.9 Å². The van der Waals surface area contributed by atoms with Crippen LogP contribution in [0.25, 0.3) is 0 Å². The van der Waals surface area contributed by atoms with E-state index in [0.717, 1.165) is 16.7 Å². The number of hydrogen-bond acceptors (Lipinski definition) is 2. The molecule has 0 aliphatic rings. The molecule has 11 heavy (non-hydrogen) atoms. The van der Waals surface area contributed by atoms with Gasteiger partial charge in [0.25, 0.3) is 0 Å². The third-order valence-corrected chi connectivity index (χ3v) is 1.78. The summed E-state index contributed by atoms with van der Waals surface area (Å²) in [5.41, 5.74) is 7.15. The number of hydrazine groups is 1. The summed E-state index contributed by atoms with van der Waals surface area (Å²) >= 11 is 3.37. The lowest BCUT2D eigenvalue weighted by Crippen LogP contribution is -2.20. The molecule has 0 heterocycles. The molecule has 1 rings (SSSR count). The molecule has 0 unspecified atom stereocenters. The highest BCUT2D eigenvalue weighted by Crippen LogP contribution is 2.12. The maximum Gasteiger partial charge on any atom is 0.0488 e. The molecule has 0 fully saturated rings. The minimum atomic E-state index is 0.913. The zero-order valence-electron chi connectivity index (χ0n) is 6.39. The van der Waals surface area contributed by atoms with Crippen LogP contribution in [0.2, 0.25) is 0 Å². The molecule has 2 N–H and O–H groups in total. The van der Waals surface area contributed by atoms with Gasteiger partial charge in [0, 0.05) is 16.7 Å². The summed E-state index contributed by atoms with van der Waals surface area (Å²) in [5, 5.41) is 0. The monoisotopic (exact) mass is 214 g/mol. The van der Waals surface area contributed by atoms with Gasteiger partial charge < -0.3 is 5.43 Å². The zero-order valence-corrected chi connectivity index (χ0v) is 7.98.